The van der Waals surface area contributed by atoms with Gasteiger partial charge < -0.3 is 14.7 Å². The quantitative estimate of drug-likeness (QED) is 0.411. The molecule has 0 saturated carbocycles. The van der Waals surface area contributed by atoms with Crippen LogP contribution in [-0.4, -0.2) is 42.8 Å². The fourth-order valence-corrected chi connectivity index (χ4v) is 4.97. The largest absolute Gasteiger partial charge is 0.438 e. The predicted molar refractivity (Wildman–Crippen MR) is 134 cm³/mol. The lowest BCUT2D eigenvalue weighted by Crippen LogP contribution is -2.51. The third kappa shape index (κ3) is 4.64. The van der Waals surface area contributed by atoms with E-state index in [1.807, 2.05) is 79.9 Å². The highest BCUT2D eigenvalue weighted by Gasteiger charge is 2.46. The first kappa shape index (κ1) is 23.1. The van der Waals surface area contributed by atoms with Crippen LogP contribution in [0.3, 0.4) is 0 Å². The van der Waals surface area contributed by atoms with Crippen LogP contribution in [0.4, 0.5) is 4.79 Å². The molecule has 1 N–H and O–H groups in total. The van der Waals surface area contributed by atoms with Crippen LogP contribution in [0.2, 0.25) is 0 Å². The maximum atomic E-state index is 13.3. The van der Waals surface area contributed by atoms with Gasteiger partial charge in [-0.05, 0) is 44.0 Å². The van der Waals surface area contributed by atoms with E-state index < -0.39 is 11.2 Å². The molecule has 4 aromatic rings. The fraction of sp³-hybridized carbons (Fsp3) is 0.321. The molecule has 5 rings (SSSR count). The molecule has 0 aliphatic carbocycles. The van der Waals surface area contributed by atoms with Gasteiger partial charge in [-0.25, -0.2) is 14.3 Å². The highest BCUT2D eigenvalue weighted by Crippen LogP contribution is 2.42. The Morgan fingerprint density at radius 2 is 1.83 bits per heavy atom. The zero-order valence-corrected chi connectivity index (χ0v) is 20.3. The molecule has 7 heteroatoms. The number of amides is 1. The lowest BCUT2D eigenvalue weighted by atomic mass is 9.80. The second-order valence-electron chi connectivity index (χ2n) is 9.91. The first-order chi connectivity index (χ1) is 16.7. The van der Waals surface area contributed by atoms with Gasteiger partial charge in [-0.15, -0.1) is 0 Å². The van der Waals surface area contributed by atoms with Gasteiger partial charge in [0.1, 0.15) is 5.60 Å². The van der Waals surface area contributed by atoms with Gasteiger partial charge in [-0.1, -0.05) is 54.6 Å². The van der Waals surface area contributed by atoms with Crippen LogP contribution >= 0.6 is 0 Å². The Hall–Kier alpha value is -3.71. The Balaban J connectivity index is 1.35. The van der Waals surface area contributed by atoms with Crippen molar-refractivity contribution in [2.24, 2.45) is 0 Å². The van der Waals surface area contributed by atoms with Crippen LogP contribution in [0.1, 0.15) is 50.8 Å². The predicted octanol–water partition coefficient (Wildman–Crippen LogP) is 5.36. The van der Waals surface area contributed by atoms with E-state index in [2.05, 4.69) is 10.1 Å². The van der Waals surface area contributed by atoms with Gasteiger partial charge in [0.05, 0.1) is 17.3 Å². The van der Waals surface area contributed by atoms with E-state index in [4.69, 9.17) is 4.74 Å². The number of hydrogen-bond donors (Lipinski definition) is 1. The molecule has 180 valence electrons. The van der Waals surface area contributed by atoms with Crippen LogP contribution < -0.4 is 0 Å². The van der Waals surface area contributed by atoms with Crippen molar-refractivity contribution in [3.63, 3.8) is 0 Å². The van der Waals surface area contributed by atoms with Crippen molar-refractivity contribution >= 4 is 11.7 Å². The number of hydrogen-bond acceptors (Lipinski definition) is 5. The summed E-state index contributed by atoms with van der Waals surface area (Å²) in [6.07, 6.45) is 4.12. The molecule has 0 spiro atoms. The zero-order chi connectivity index (χ0) is 24.6. The Kier molecular flexibility index (Phi) is 5.81. The van der Waals surface area contributed by atoms with Crippen molar-refractivity contribution in [2.45, 2.75) is 50.9 Å². The summed E-state index contributed by atoms with van der Waals surface area (Å²) in [5.74, 6) is 0. The number of carbonyl (C=O) groups is 1. The number of cyclic esters (lactones) is 1. The Morgan fingerprint density at radius 1 is 1.09 bits per heavy atom. The van der Waals surface area contributed by atoms with E-state index >= 15 is 0 Å². The summed E-state index contributed by atoms with van der Waals surface area (Å²) in [7, 11) is 0. The molecule has 1 unspecified atom stereocenters. The minimum absolute atomic E-state index is 0.156. The first-order valence-corrected chi connectivity index (χ1v) is 11.9. The average Bonchev–Trinajstić information content (AvgIpc) is 3.31. The zero-order valence-electron chi connectivity index (χ0n) is 20.3. The monoisotopic (exact) mass is 470 g/mol. The summed E-state index contributed by atoms with van der Waals surface area (Å²) >= 11 is 0. The van der Waals surface area contributed by atoms with Crippen LogP contribution in [-0.2, 0) is 10.3 Å². The SMILES string of the molecule is C[C@@H](c1ccc(-c2ccc3nccn3n2)cc1)N1CCC(CC(C)(C)O)(c2ccccc2)OC1=O. The number of rotatable bonds is 6. The van der Waals surface area contributed by atoms with E-state index in [0.717, 1.165) is 28.0 Å². The van der Waals surface area contributed by atoms with Crippen molar-refractivity contribution in [1.29, 1.82) is 0 Å². The number of aliphatic hydroxyl groups is 1. The first-order valence-electron chi connectivity index (χ1n) is 11.9. The molecule has 1 aliphatic rings. The van der Waals surface area contributed by atoms with Gasteiger partial charge in [0.15, 0.2) is 5.65 Å². The number of aromatic nitrogens is 3. The van der Waals surface area contributed by atoms with E-state index in [9.17, 15) is 9.90 Å². The standard InChI is InChI=1S/C28H30N4O3/c1-20(21-9-11-22(12-10-21)24-13-14-25-29-16-18-32(25)30-24)31-17-15-28(35-26(31)33,19-27(2,3)34)23-7-5-4-6-8-23/h4-14,16,18,20,34H,15,17,19H2,1-3H3/t20-,28?/m0/s1. The summed E-state index contributed by atoms with van der Waals surface area (Å²) in [6.45, 7) is 6.05. The van der Waals surface area contributed by atoms with Gasteiger partial charge in [-0.2, -0.15) is 5.10 Å². The van der Waals surface area contributed by atoms with Crippen molar-refractivity contribution in [3.05, 3.63) is 90.3 Å². The van der Waals surface area contributed by atoms with Crippen LogP contribution in [0.15, 0.2) is 79.1 Å². The third-order valence-electron chi connectivity index (χ3n) is 6.70. The minimum Gasteiger partial charge on any atom is -0.438 e. The third-order valence-corrected chi connectivity index (χ3v) is 6.70. The van der Waals surface area contributed by atoms with Crippen LogP contribution in [0, 0.1) is 0 Å². The molecule has 0 bridgehead atoms. The fourth-order valence-electron chi connectivity index (χ4n) is 4.97. The maximum Gasteiger partial charge on any atom is 0.411 e. The van der Waals surface area contributed by atoms with Gasteiger partial charge in [0.25, 0.3) is 0 Å². The number of nitrogens with zero attached hydrogens (tertiary/aromatic N) is 4. The Bertz CT molecular complexity index is 1330. The molecule has 1 saturated heterocycles. The summed E-state index contributed by atoms with van der Waals surface area (Å²) in [4.78, 5) is 19.3. The molecule has 1 aliphatic heterocycles. The topological polar surface area (TPSA) is 80.0 Å². The molecule has 1 fully saturated rings. The lowest BCUT2D eigenvalue weighted by Gasteiger charge is -2.45. The molecule has 2 aromatic carbocycles. The van der Waals surface area contributed by atoms with E-state index in [0.29, 0.717) is 19.4 Å². The van der Waals surface area contributed by atoms with Crippen molar-refractivity contribution in [2.75, 3.05) is 6.54 Å². The van der Waals surface area contributed by atoms with E-state index in [1.54, 1.807) is 29.5 Å². The van der Waals surface area contributed by atoms with Gasteiger partial charge in [0.2, 0.25) is 0 Å². The van der Waals surface area contributed by atoms with Gasteiger partial charge in [-0.3, -0.25) is 0 Å². The normalized spacial score (nSPS) is 19.5. The second-order valence-corrected chi connectivity index (χ2v) is 9.91. The summed E-state index contributed by atoms with van der Waals surface area (Å²) in [5.41, 5.74) is 2.75. The molecule has 35 heavy (non-hydrogen) atoms. The maximum absolute atomic E-state index is 13.3. The molecule has 7 nitrogen and oxygen atoms in total. The molecule has 3 heterocycles. The Morgan fingerprint density at radius 3 is 2.51 bits per heavy atom. The molecular weight excluding hydrogens is 440 g/mol. The van der Waals surface area contributed by atoms with E-state index in [-0.39, 0.29) is 12.1 Å². The highest BCUT2D eigenvalue weighted by molar-refractivity contribution is 5.70. The average molecular weight is 471 g/mol. The minimum atomic E-state index is -0.979. The highest BCUT2D eigenvalue weighted by atomic mass is 16.6. The number of ether oxygens (including phenoxy) is 1. The van der Waals surface area contributed by atoms with Crippen molar-refractivity contribution < 1.29 is 14.6 Å². The number of benzene rings is 2. The van der Waals surface area contributed by atoms with Crippen molar-refractivity contribution in [3.8, 4) is 11.3 Å². The molecule has 1 amide bonds. The summed E-state index contributed by atoms with van der Waals surface area (Å²) < 4.78 is 7.88. The van der Waals surface area contributed by atoms with Crippen molar-refractivity contribution in [1.82, 2.24) is 19.5 Å². The molecular formula is C28H30N4O3. The van der Waals surface area contributed by atoms with Crippen LogP contribution in [0.5, 0.6) is 0 Å². The molecule has 2 aromatic heterocycles. The van der Waals surface area contributed by atoms with Gasteiger partial charge in [0, 0.05) is 37.3 Å². The van der Waals surface area contributed by atoms with Crippen LogP contribution in [0.25, 0.3) is 16.9 Å². The number of imidazole rings is 1. The summed E-state index contributed by atoms with van der Waals surface area (Å²) in [5, 5.41) is 15.2. The molecule has 0 radical (unpaired) electrons. The molecule has 2 atom stereocenters. The van der Waals surface area contributed by atoms with E-state index in [1.165, 1.54) is 0 Å². The Labute approximate surface area is 205 Å². The number of fused-ring (bicyclic) bond motifs is 1. The number of carbonyl (C=O) groups excluding carboxylic acids is 1. The lowest BCUT2D eigenvalue weighted by molar-refractivity contribution is -0.101. The van der Waals surface area contributed by atoms with Gasteiger partial charge >= 0.3 is 6.09 Å². The summed E-state index contributed by atoms with van der Waals surface area (Å²) in [6, 6.07) is 21.6. The smallest absolute Gasteiger partial charge is 0.411 e. The second kappa shape index (κ2) is 8.82.